The highest BCUT2D eigenvalue weighted by Crippen LogP contribution is 2.57. The third-order valence-electron chi connectivity index (χ3n) is 4.98. The fourth-order valence-electron chi connectivity index (χ4n) is 3.58. The number of aliphatic hydroxyl groups excluding tert-OH is 1. The van der Waals surface area contributed by atoms with Gasteiger partial charge in [0, 0.05) is 18.9 Å². The van der Waals surface area contributed by atoms with Crippen molar-refractivity contribution >= 4 is 5.78 Å². The second-order valence-electron chi connectivity index (χ2n) is 6.94. The Balaban J connectivity index is 1.74. The lowest BCUT2D eigenvalue weighted by Gasteiger charge is -2.17. The maximum absolute atomic E-state index is 12.5. The molecule has 1 atom stereocenters. The molecule has 1 fully saturated rings. The van der Waals surface area contributed by atoms with Crippen molar-refractivity contribution in [1.82, 2.24) is 0 Å². The van der Waals surface area contributed by atoms with Gasteiger partial charge in [0.05, 0.1) is 0 Å². The SMILES string of the molecule is O=C(C#CCCCO)C1CC1(Cc1ccccc1)Cc1ccccc1. The lowest BCUT2D eigenvalue weighted by atomic mass is 9.86. The van der Waals surface area contributed by atoms with Crippen LogP contribution in [0.25, 0.3) is 0 Å². The molecule has 1 unspecified atom stereocenters. The van der Waals surface area contributed by atoms with Crippen LogP contribution in [0.1, 0.15) is 30.4 Å². The minimum absolute atomic E-state index is 0.00848. The van der Waals surface area contributed by atoms with E-state index < -0.39 is 0 Å². The van der Waals surface area contributed by atoms with Crippen molar-refractivity contribution < 1.29 is 9.90 Å². The van der Waals surface area contributed by atoms with Crippen LogP contribution in [-0.2, 0) is 17.6 Å². The summed E-state index contributed by atoms with van der Waals surface area (Å²) in [4.78, 5) is 12.5. The van der Waals surface area contributed by atoms with E-state index >= 15 is 0 Å². The van der Waals surface area contributed by atoms with Gasteiger partial charge in [-0.1, -0.05) is 66.6 Å². The number of hydrogen-bond acceptors (Lipinski definition) is 2. The summed E-state index contributed by atoms with van der Waals surface area (Å²) in [6, 6.07) is 20.8. The fraction of sp³-hybridized carbons (Fsp3) is 0.348. The van der Waals surface area contributed by atoms with Crippen molar-refractivity contribution in [3.05, 3.63) is 71.8 Å². The lowest BCUT2D eigenvalue weighted by molar-refractivity contribution is -0.115. The molecule has 0 saturated heterocycles. The maximum Gasteiger partial charge on any atom is 0.209 e. The van der Waals surface area contributed by atoms with Crippen LogP contribution in [0.3, 0.4) is 0 Å². The Labute approximate surface area is 149 Å². The smallest absolute Gasteiger partial charge is 0.209 e. The minimum atomic E-state index is -0.00848. The summed E-state index contributed by atoms with van der Waals surface area (Å²) in [5.74, 6) is 5.80. The van der Waals surface area contributed by atoms with Gasteiger partial charge in [-0.15, -0.1) is 0 Å². The first kappa shape index (κ1) is 17.5. The van der Waals surface area contributed by atoms with E-state index in [0.717, 1.165) is 19.3 Å². The number of unbranched alkanes of at least 4 members (excludes halogenated alkanes) is 1. The molecule has 0 radical (unpaired) electrons. The minimum Gasteiger partial charge on any atom is -0.396 e. The Kier molecular flexibility index (Phi) is 5.68. The summed E-state index contributed by atoms with van der Waals surface area (Å²) in [6.07, 6.45) is 3.95. The molecule has 0 heterocycles. The third kappa shape index (κ3) is 4.59. The van der Waals surface area contributed by atoms with E-state index in [4.69, 9.17) is 5.11 Å². The Morgan fingerprint density at radius 1 is 1.00 bits per heavy atom. The van der Waals surface area contributed by atoms with Crippen LogP contribution >= 0.6 is 0 Å². The number of aliphatic hydroxyl groups is 1. The van der Waals surface area contributed by atoms with Gasteiger partial charge >= 0.3 is 0 Å². The van der Waals surface area contributed by atoms with Crippen molar-refractivity contribution in [3.8, 4) is 11.8 Å². The zero-order valence-electron chi connectivity index (χ0n) is 14.4. The second kappa shape index (κ2) is 8.14. The summed E-state index contributed by atoms with van der Waals surface area (Å²) in [7, 11) is 0. The van der Waals surface area contributed by atoms with Crippen LogP contribution in [0.4, 0.5) is 0 Å². The van der Waals surface area contributed by atoms with E-state index in [0.29, 0.717) is 12.8 Å². The summed E-state index contributed by atoms with van der Waals surface area (Å²) in [6.45, 7) is 0.123. The number of carbonyl (C=O) groups excluding carboxylic acids is 1. The molecular formula is C23H24O2. The highest BCUT2D eigenvalue weighted by molar-refractivity contribution is 5.99. The van der Waals surface area contributed by atoms with Crippen molar-refractivity contribution in [2.75, 3.05) is 6.61 Å². The average molecular weight is 332 g/mol. The zero-order chi connectivity index (χ0) is 17.5. The molecule has 1 saturated carbocycles. The Bertz CT molecular complexity index is 711. The standard InChI is InChI=1S/C23H24O2/c24-15-9-3-8-14-22(25)21-18-23(21,16-19-10-4-1-5-11-19)17-20-12-6-2-7-13-20/h1-2,4-7,10-13,21,24H,3,9,15-18H2. The third-order valence-corrected chi connectivity index (χ3v) is 4.98. The average Bonchev–Trinajstić information content (AvgIpc) is 3.33. The first-order chi connectivity index (χ1) is 12.2. The van der Waals surface area contributed by atoms with Crippen LogP contribution in [0.5, 0.6) is 0 Å². The van der Waals surface area contributed by atoms with Crippen molar-refractivity contribution in [1.29, 1.82) is 0 Å². The van der Waals surface area contributed by atoms with E-state index in [-0.39, 0.29) is 23.7 Å². The first-order valence-electron chi connectivity index (χ1n) is 8.95. The largest absolute Gasteiger partial charge is 0.396 e. The van der Waals surface area contributed by atoms with Gasteiger partial charge in [0.15, 0.2) is 0 Å². The highest BCUT2D eigenvalue weighted by atomic mass is 16.2. The molecule has 1 N–H and O–H groups in total. The number of rotatable bonds is 7. The van der Waals surface area contributed by atoms with Gasteiger partial charge in [-0.2, -0.15) is 0 Å². The predicted molar refractivity (Wildman–Crippen MR) is 99.9 cm³/mol. The first-order valence-corrected chi connectivity index (χ1v) is 8.95. The number of Topliss-reactive ketones (excluding diaryl/α,β-unsaturated/α-hetero) is 1. The Hall–Kier alpha value is -2.37. The van der Waals surface area contributed by atoms with Crippen LogP contribution in [0.2, 0.25) is 0 Å². The molecule has 1 aliphatic rings. The molecule has 25 heavy (non-hydrogen) atoms. The fourth-order valence-corrected chi connectivity index (χ4v) is 3.58. The molecule has 2 aromatic carbocycles. The van der Waals surface area contributed by atoms with E-state index in [1.54, 1.807) is 0 Å². The van der Waals surface area contributed by atoms with Crippen LogP contribution in [0, 0.1) is 23.2 Å². The quantitative estimate of drug-likeness (QED) is 0.475. The van der Waals surface area contributed by atoms with Gasteiger partial charge in [0.2, 0.25) is 5.78 Å². The van der Waals surface area contributed by atoms with Crippen LogP contribution in [-0.4, -0.2) is 17.5 Å². The molecular weight excluding hydrogens is 308 g/mol. The van der Waals surface area contributed by atoms with Gasteiger partial charge in [-0.05, 0) is 48.1 Å². The number of benzene rings is 2. The van der Waals surface area contributed by atoms with E-state index in [2.05, 4.69) is 60.4 Å². The lowest BCUT2D eigenvalue weighted by Crippen LogP contribution is -2.16. The maximum atomic E-state index is 12.5. The molecule has 3 rings (SSSR count). The van der Waals surface area contributed by atoms with Crippen molar-refractivity contribution in [2.45, 2.75) is 32.1 Å². The molecule has 1 aliphatic carbocycles. The summed E-state index contributed by atoms with van der Waals surface area (Å²) < 4.78 is 0. The number of ketones is 1. The van der Waals surface area contributed by atoms with Gasteiger partial charge < -0.3 is 5.11 Å². The molecule has 2 heteroatoms. The monoisotopic (exact) mass is 332 g/mol. The van der Waals surface area contributed by atoms with Crippen LogP contribution in [0.15, 0.2) is 60.7 Å². The molecule has 0 aromatic heterocycles. The molecule has 0 spiro atoms. The molecule has 2 nitrogen and oxygen atoms in total. The second-order valence-corrected chi connectivity index (χ2v) is 6.94. The summed E-state index contributed by atoms with van der Waals surface area (Å²) in [5, 5.41) is 8.81. The van der Waals surface area contributed by atoms with Crippen molar-refractivity contribution in [3.63, 3.8) is 0 Å². The number of carbonyl (C=O) groups is 1. The van der Waals surface area contributed by atoms with Gasteiger partial charge in [-0.3, -0.25) is 4.79 Å². The van der Waals surface area contributed by atoms with E-state index in [9.17, 15) is 4.79 Å². The van der Waals surface area contributed by atoms with Crippen molar-refractivity contribution in [2.24, 2.45) is 11.3 Å². The van der Waals surface area contributed by atoms with Gasteiger partial charge in [-0.25, -0.2) is 0 Å². The van der Waals surface area contributed by atoms with E-state index in [1.807, 2.05) is 12.1 Å². The van der Waals surface area contributed by atoms with E-state index in [1.165, 1.54) is 11.1 Å². The summed E-state index contributed by atoms with van der Waals surface area (Å²) >= 11 is 0. The Morgan fingerprint density at radius 3 is 2.08 bits per heavy atom. The highest BCUT2D eigenvalue weighted by Gasteiger charge is 2.56. The zero-order valence-corrected chi connectivity index (χ0v) is 14.4. The molecule has 0 aliphatic heterocycles. The van der Waals surface area contributed by atoms with Gasteiger partial charge in [0.25, 0.3) is 0 Å². The molecule has 128 valence electrons. The number of hydrogen-bond donors (Lipinski definition) is 1. The molecule has 0 amide bonds. The molecule has 0 bridgehead atoms. The predicted octanol–water partition coefficient (Wildman–Crippen LogP) is 3.82. The normalized spacial score (nSPS) is 17.4. The molecule has 2 aromatic rings. The topological polar surface area (TPSA) is 37.3 Å². The van der Waals surface area contributed by atoms with Crippen LogP contribution < -0.4 is 0 Å². The van der Waals surface area contributed by atoms with Gasteiger partial charge in [0.1, 0.15) is 0 Å². The summed E-state index contributed by atoms with van der Waals surface area (Å²) in [5.41, 5.74) is 2.55. The Morgan fingerprint density at radius 2 is 1.56 bits per heavy atom.